The number of hydrogen-bond donors (Lipinski definition) is 2. The van der Waals surface area contributed by atoms with E-state index >= 15 is 0 Å². The van der Waals surface area contributed by atoms with Gasteiger partial charge in [0.25, 0.3) is 5.82 Å². The number of alkyl halides is 3. The zero-order valence-corrected chi connectivity index (χ0v) is 19.0. The molecule has 9 heteroatoms. The van der Waals surface area contributed by atoms with Crippen molar-refractivity contribution in [3.63, 3.8) is 0 Å². The van der Waals surface area contributed by atoms with Crippen molar-refractivity contribution in [1.82, 2.24) is 0 Å². The van der Waals surface area contributed by atoms with Crippen molar-refractivity contribution in [2.75, 3.05) is 28.6 Å². The Kier molecular flexibility index (Phi) is 5.79. The maximum Gasteiger partial charge on any atom is 0.416 e. The van der Waals surface area contributed by atoms with E-state index < -0.39 is 11.7 Å². The fourth-order valence-corrected chi connectivity index (χ4v) is 4.94. The molecule has 1 fully saturated rings. The summed E-state index contributed by atoms with van der Waals surface area (Å²) in [6.07, 6.45) is -0.819. The number of piperidine rings is 1. The second kappa shape index (κ2) is 8.61. The Morgan fingerprint density at radius 1 is 0.909 bits per heavy atom. The summed E-state index contributed by atoms with van der Waals surface area (Å²) in [6.45, 7) is 1.60. The molecule has 3 aromatic rings. The first-order valence-electron chi connectivity index (χ1n) is 10.7. The zero-order chi connectivity index (χ0) is 23.2. The van der Waals surface area contributed by atoms with Crippen LogP contribution in [-0.4, -0.2) is 13.1 Å². The molecule has 172 valence electrons. The van der Waals surface area contributed by atoms with E-state index in [1.807, 2.05) is 24.4 Å². The highest BCUT2D eigenvalue weighted by Crippen LogP contribution is 2.42. The Labute approximate surface area is 199 Å². The van der Waals surface area contributed by atoms with E-state index in [9.17, 15) is 13.2 Å². The molecule has 3 heterocycles. The van der Waals surface area contributed by atoms with Crippen LogP contribution in [0.3, 0.4) is 0 Å². The van der Waals surface area contributed by atoms with Gasteiger partial charge in [-0.15, -0.1) is 0 Å². The van der Waals surface area contributed by atoms with E-state index in [-0.39, 0.29) is 12.1 Å². The van der Waals surface area contributed by atoms with Crippen molar-refractivity contribution in [2.24, 2.45) is 0 Å². The van der Waals surface area contributed by atoms with Gasteiger partial charge in [0.05, 0.1) is 51.8 Å². The van der Waals surface area contributed by atoms with Crippen LogP contribution in [0.5, 0.6) is 0 Å². The molecule has 3 N–H and O–H groups in total. The largest absolute Gasteiger partial charge is 0.416 e. The van der Waals surface area contributed by atoms with Gasteiger partial charge >= 0.3 is 6.18 Å². The minimum Gasteiger partial charge on any atom is -0.360 e. The molecular weight excluding hydrogens is 472 g/mol. The standard InChI is InChI=1S/C24H21Cl2F3N4/c25-18-12-20-21(13-19(18)26)32-22(31-20)17-2-1-9-30-23(17)33-10-7-15(8-11-33)14-3-5-16(6-4-14)24(27,28)29/h1-6,9,12-13,15,22,31-32H,7-8,10-11H2/p+1. The molecule has 1 aromatic heterocycles. The van der Waals surface area contributed by atoms with Crippen LogP contribution in [-0.2, 0) is 6.18 Å². The van der Waals surface area contributed by atoms with Crippen LogP contribution in [0.2, 0.25) is 10.0 Å². The lowest BCUT2D eigenvalue weighted by Crippen LogP contribution is -2.38. The fraction of sp³-hybridized carbons (Fsp3) is 0.292. The Morgan fingerprint density at radius 3 is 2.09 bits per heavy atom. The van der Waals surface area contributed by atoms with Crippen LogP contribution in [0.25, 0.3) is 0 Å². The molecule has 0 amide bonds. The molecule has 0 radical (unpaired) electrons. The van der Waals surface area contributed by atoms with Crippen molar-refractivity contribution >= 4 is 40.4 Å². The molecule has 0 unspecified atom stereocenters. The fourth-order valence-electron chi connectivity index (χ4n) is 4.62. The molecule has 0 spiro atoms. The summed E-state index contributed by atoms with van der Waals surface area (Å²) >= 11 is 12.3. The summed E-state index contributed by atoms with van der Waals surface area (Å²) in [5, 5.41) is 7.91. The van der Waals surface area contributed by atoms with Gasteiger partial charge in [-0.3, -0.25) is 4.90 Å². The highest BCUT2D eigenvalue weighted by molar-refractivity contribution is 6.42. The number of halogens is 5. The highest BCUT2D eigenvalue weighted by atomic mass is 35.5. The van der Waals surface area contributed by atoms with E-state index in [1.165, 1.54) is 12.1 Å². The first kappa shape index (κ1) is 22.2. The first-order valence-corrected chi connectivity index (χ1v) is 11.5. The number of pyridine rings is 1. The van der Waals surface area contributed by atoms with Crippen LogP contribution in [0.1, 0.15) is 41.6 Å². The minimum absolute atomic E-state index is 0.144. The number of H-pyrrole nitrogens is 1. The number of fused-ring (bicyclic) bond motifs is 1. The van der Waals surface area contributed by atoms with E-state index in [2.05, 4.69) is 26.6 Å². The third-order valence-corrected chi connectivity index (χ3v) is 7.08. The van der Waals surface area contributed by atoms with Gasteiger partial charge in [-0.2, -0.15) is 13.2 Å². The van der Waals surface area contributed by atoms with Gasteiger partial charge in [0, 0.05) is 0 Å². The lowest BCUT2D eigenvalue weighted by Gasteiger charge is -2.29. The van der Waals surface area contributed by atoms with Crippen LogP contribution in [0.15, 0.2) is 54.7 Å². The summed E-state index contributed by atoms with van der Waals surface area (Å²) in [5.74, 6) is 1.25. The van der Waals surface area contributed by atoms with Crippen LogP contribution >= 0.6 is 23.2 Å². The number of nitrogens with zero attached hydrogens (tertiary/aromatic N) is 1. The molecule has 1 saturated heterocycles. The summed E-state index contributed by atoms with van der Waals surface area (Å²) in [5.41, 5.74) is 3.21. The topological polar surface area (TPSA) is 41.4 Å². The Hall–Kier alpha value is -2.64. The number of hydrogen-bond acceptors (Lipinski definition) is 3. The summed E-state index contributed by atoms with van der Waals surface area (Å²) in [7, 11) is 0. The van der Waals surface area contributed by atoms with Crippen molar-refractivity contribution < 1.29 is 18.2 Å². The highest BCUT2D eigenvalue weighted by Gasteiger charge is 2.34. The van der Waals surface area contributed by atoms with Crippen molar-refractivity contribution in [1.29, 1.82) is 0 Å². The SMILES string of the molecule is FC(F)(F)c1ccc(C2CCN(c3[nH+]cccc3C3Nc4cc(Cl)c(Cl)cc4N3)CC2)cc1. The maximum atomic E-state index is 12.9. The molecule has 2 aliphatic rings. The number of aromatic amines is 1. The van der Waals surface area contributed by atoms with Gasteiger partial charge in [0.2, 0.25) is 0 Å². The molecule has 2 aromatic carbocycles. The summed E-state index contributed by atoms with van der Waals surface area (Å²) < 4.78 is 38.6. The normalized spacial score (nSPS) is 16.9. The Balaban J connectivity index is 1.29. The second-order valence-corrected chi connectivity index (χ2v) is 9.20. The van der Waals surface area contributed by atoms with E-state index in [4.69, 9.17) is 23.2 Å². The summed E-state index contributed by atoms with van der Waals surface area (Å²) in [6, 6.07) is 13.2. The molecule has 0 atom stereocenters. The lowest BCUT2D eigenvalue weighted by molar-refractivity contribution is -0.365. The lowest BCUT2D eigenvalue weighted by atomic mass is 9.89. The third kappa shape index (κ3) is 4.44. The monoisotopic (exact) mass is 493 g/mol. The quantitative estimate of drug-likeness (QED) is 0.424. The first-order chi connectivity index (χ1) is 15.8. The van der Waals surface area contributed by atoms with Gasteiger partial charge in [-0.25, -0.2) is 4.98 Å². The second-order valence-electron chi connectivity index (χ2n) is 8.39. The molecule has 0 aliphatic carbocycles. The zero-order valence-electron chi connectivity index (χ0n) is 17.5. The van der Waals surface area contributed by atoms with E-state index in [0.717, 1.165) is 54.3 Å². The van der Waals surface area contributed by atoms with Gasteiger partial charge in [-0.1, -0.05) is 35.3 Å². The number of benzene rings is 2. The smallest absolute Gasteiger partial charge is 0.360 e. The van der Waals surface area contributed by atoms with Crippen molar-refractivity contribution in [3.05, 3.63) is 81.5 Å². The maximum absolute atomic E-state index is 12.9. The molecule has 5 rings (SSSR count). The van der Waals surface area contributed by atoms with Gasteiger partial charge < -0.3 is 10.6 Å². The summed E-state index contributed by atoms with van der Waals surface area (Å²) in [4.78, 5) is 5.67. The Morgan fingerprint density at radius 2 is 1.52 bits per heavy atom. The Bertz CT molecular complexity index is 1130. The third-order valence-electron chi connectivity index (χ3n) is 6.36. The number of rotatable bonds is 3. The predicted molar refractivity (Wildman–Crippen MR) is 125 cm³/mol. The van der Waals surface area contributed by atoms with E-state index in [1.54, 1.807) is 12.1 Å². The average molecular weight is 494 g/mol. The van der Waals surface area contributed by atoms with E-state index in [0.29, 0.717) is 10.0 Å². The van der Waals surface area contributed by atoms with Gasteiger partial charge in [-0.05, 0) is 60.7 Å². The van der Waals surface area contributed by atoms with Crippen LogP contribution in [0.4, 0.5) is 30.4 Å². The molecule has 0 saturated carbocycles. The minimum atomic E-state index is -4.31. The molecule has 2 aliphatic heterocycles. The number of anilines is 3. The van der Waals surface area contributed by atoms with Crippen LogP contribution in [0, 0.1) is 0 Å². The number of aromatic nitrogens is 1. The predicted octanol–water partition coefficient (Wildman–Crippen LogP) is 6.75. The molecular formula is C24H22Cl2F3N4+. The molecule has 4 nitrogen and oxygen atoms in total. The van der Waals surface area contributed by atoms with Crippen molar-refractivity contribution in [2.45, 2.75) is 31.1 Å². The van der Waals surface area contributed by atoms with Gasteiger partial charge in [0.15, 0.2) is 0 Å². The van der Waals surface area contributed by atoms with Crippen LogP contribution < -0.4 is 20.5 Å². The van der Waals surface area contributed by atoms with Crippen molar-refractivity contribution in [3.8, 4) is 0 Å². The molecule has 33 heavy (non-hydrogen) atoms. The average Bonchev–Trinajstić information content (AvgIpc) is 3.21. The molecule has 0 bridgehead atoms. The number of nitrogens with one attached hydrogen (secondary N) is 3. The van der Waals surface area contributed by atoms with Gasteiger partial charge in [0.1, 0.15) is 6.17 Å².